The summed E-state index contributed by atoms with van der Waals surface area (Å²) in [5, 5.41) is 3.81. The Bertz CT molecular complexity index is 780. The molecule has 0 unspecified atom stereocenters. The molecule has 0 saturated heterocycles. The molecule has 0 amide bonds. The highest BCUT2D eigenvalue weighted by Crippen LogP contribution is 2.20. The van der Waals surface area contributed by atoms with Gasteiger partial charge in [-0.15, -0.1) is 0 Å². The first-order valence-electron chi connectivity index (χ1n) is 5.72. The first-order chi connectivity index (χ1) is 8.79. The van der Waals surface area contributed by atoms with Crippen LogP contribution in [-0.4, -0.2) is 16.5 Å². The van der Waals surface area contributed by atoms with Crippen molar-refractivity contribution in [3.8, 4) is 0 Å². The molecule has 0 aliphatic rings. The van der Waals surface area contributed by atoms with Crippen molar-refractivity contribution in [3.05, 3.63) is 40.9 Å². The van der Waals surface area contributed by atoms with Gasteiger partial charge in [0.2, 0.25) is 0 Å². The summed E-state index contributed by atoms with van der Waals surface area (Å²) in [5.41, 5.74) is 0.895. The summed E-state index contributed by atoms with van der Waals surface area (Å²) < 4.78 is 5.22. The number of hydrogen-bond donors (Lipinski definition) is 1. The van der Waals surface area contributed by atoms with Gasteiger partial charge < -0.3 is 9.73 Å². The monoisotopic (exact) mass is 241 g/mol. The van der Waals surface area contributed by atoms with Crippen molar-refractivity contribution in [1.29, 1.82) is 0 Å². The van der Waals surface area contributed by atoms with E-state index in [4.69, 9.17) is 4.42 Å². The molecule has 1 N–H and O–H groups in total. The molecule has 90 valence electrons. The van der Waals surface area contributed by atoms with E-state index >= 15 is 0 Å². The minimum absolute atomic E-state index is 0.257. The van der Waals surface area contributed by atoms with Crippen molar-refractivity contribution in [2.24, 2.45) is 0 Å². The predicted octanol–water partition coefficient (Wildman–Crippen LogP) is 2.17. The molecule has 5 nitrogen and oxygen atoms in total. The summed E-state index contributed by atoms with van der Waals surface area (Å²) in [7, 11) is 0. The molecule has 0 fully saturated rings. The zero-order valence-corrected chi connectivity index (χ0v) is 9.80. The van der Waals surface area contributed by atoms with Gasteiger partial charge in [0, 0.05) is 11.9 Å². The Hall–Kier alpha value is -2.43. The number of nitrogens with zero attached hydrogens (tertiary/aromatic N) is 2. The zero-order valence-electron chi connectivity index (χ0n) is 9.80. The van der Waals surface area contributed by atoms with Crippen LogP contribution in [0.15, 0.2) is 39.7 Å². The van der Waals surface area contributed by atoms with E-state index in [1.807, 2.05) is 25.1 Å². The summed E-state index contributed by atoms with van der Waals surface area (Å²) in [4.78, 5) is 20.4. The predicted molar refractivity (Wildman–Crippen MR) is 69.7 cm³/mol. The van der Waals surface area contributed by atoms with Gasteiger partial charge in [0.1, 0.15) is 16.9 Å². The number of benzene rings is 1. The normalized spacial score (nSPS) is 10.9. The minimum Gasteiger partial charge on any atom is -0.421 e. The third-order valence-electron chi connectivity index (χ3n) is 2.67. The molecule has 0 radical (unpaired) electrons. The average molecular weight is 241 g/mol. The SMILES string of the molecule is CCNc1cnc2c(n1)c(=O)oc1ccccc12. The lowest BCUT2D eigenvalue weighted by Crippen LogP contribution is -2.07. The van der Waals surface area contributed by atoms with E-state index in [-0.39, 0.29) is 5.52 Å². The lowest BCUT2D eigenvalue weighted by Gasteiger charge is -2.04. The smallest absolute Gasteiger partial charge is 0.364 e. The number of nitrogens with one attached hydrogen (secondary N) is 1. The molecule has 0 aliphatic heterocycles. The third-order valence-corrected chi connectivity index (χ3v) is 2.67. The first kappa shape index (κ1) is 10.7. The Labute approximate surface area is 102 Å². The van der Waals surface area contributed by atoms with Crippen LogP contribution in [0.5, 0.6) is 0 Å². The van der Waals surface area contributed by atoms with Crippen molar-refractivity contribution in [1.82, 2.24) is 9.97 Å². The Balaban J connectivity index is 2.40. The number of anilines is 1. The van der Waals surface area contributed by atoms with Crippen molar-refractivity contribution in [2.45, 2.75) is 6.92 Å². The second-order valence-corrected chi connectivity index (χ2v) is 3.87. The van der Waals surface area contributed by atoms with E-state index in [9.17, 15) is 4.79 Å². The highest BCUT2D eigenvalue weighted by Gasteiger charge is 2.09. The Morgan fingerprint density at radius 3 is 2.94 bits per heavy atom. The van der Waals surface area contributed by atoms with Crippen LogP contribution in [0, 0.1) is 0 Å². The summed E-state index contributed by atoms with van der Waals surface area (Å²) in [6, 6.07) is 7.30. The van der Waals surface area contributed by atoms with Gasteiger partial charge in [-0.3, -0.25) is 0 Å². The Kier molecular flexibility index (Phi) is 2.44. The summed E-state index contributed by atoms with van der Waals surface area (Å²) >= 11 is 0. The van der Waals surface area contributed by atoms with Crippen LogP contribution in [0.4, 0.5) is 5.82 Å². The van der Waals surface area contributed by atoms with Crippen molar-refractivity contribution >= 4 is 27.8 Å². The zero-order chi connectivity index (χ0) is 12.5. The van der Waals surface area contributed by atoms with Gasteiger partial charge in [-0.05, 0) is 19.1 Å². The largest absolute Gasteiger partial charge is 0.421 e. The molecule has 5 heteroatoms. The van der Waals surface area contributed by atoms with Crippen molar-refractivity contribution in [3.63, 3.8) is 0 Å². The minimum atomic E-state index is -0.462. The Morgan fingerprint density at radius 2 is 2.11 bits per heavy atom. The van der Waals surface area contributed by atoms with Crippen LogP contribution in [0.2, 0.25) is 0 Å². The van der Waals surface area contributed by atoms with E-state index in [0.717, 1.165) is 11.9 Å². The average Bonchev–Trinajstić information content (AvgIpc) is 2.40. The molecular formula is C13H11N3O2. The van der Waals surface area contributed by atoms with E-state index in [0.29, 0.717) is 16.9 Å². The number of hydrogen-bond acceptors (Lipinski definition) is 5. The van der Waals surface area contributed by atoms with Crippen LogP contribution < -0.4 is 10.9 Å². The van der Waals surface area contributed by atoms with E-state index in [1.54, 1.807) is 12.3 Å². The molecular weight excluding hydrogens is 230 g/mol. The van der Waals surface area contributed by atoms with Crippen LogP contribution >= 0.6 is 0 Å². The van der Waals surface area contributed by atoms with Gasteiger partial charge in [-0.25, -0.2) is 14.8 Å². The van der Waals surface area contributed by atoms with Gasteiger partial charge >= 0.3 is 5.63 Å². The number of aromatic nitrogens is 2. The maximum absolute atomic E-state index is 11.9. The molecule has 3 aromatic rings. The van der Waals surface area contributed by atoms with E-state index in [1.165, 1.54) is 0 Å². The fourth-order valence-corrected chi connectivity index (χ4v) is 1.89. The van der Waals surface area contributed by atoms with Crippen LogP contribution in [0.1, 0.15) is 6.92 Å². The molecule has 18 heavy (non-hydrogen) atoms. The molecule has 0 bridgehead atoms. The maximum atomic E-state index is 11.9. The molecule has 0 spiro atoms. The van der Waals surface area contributed by atoms with Crippen LogP contribution in [-0.2, 0) is 0 Å². The van der Waals surface area contributed by atoms with E-state index in [2.05, 4.69) is 15.3 Å². The number of para-hydroxylation sites is 1. The van der Waals surface area contributed by atoms with Gasteiger partial charge in [0.25, 0.3) is 0 Å². The maximum Gasteiger partial charge on any atom is 0.364 e. The second kappa shape index (κ2) is 4.10. The summed E-state index contributed by atoms with van der Waals surface area (Å²) in [5.74, 6) is 0.576. The van der Waals surface area contributed by atoms with E-state index < -0.39 is 5.63 Å². The standard InChI is InChI=1S/C13H11N3O2/c1-2-14-10-7-15-11-8-5-3-4-6-9(8)18-13(17)12(11)16-10/h3-7H,2H2,1H3,(H,14,16). The van der Waals surface area contributed by atoms with Gasteiger partial charge in [0.05, 0.1) is 6.20 Å². The van der Waals surface area contributed by atoms with Gasteiger partial charge in [-0.2, -0.15) is 0 Å². The van der Waals surface area contributed by atoms with Gasteiger partial charge in [0.15, 0.2) is 5.52 Å². The molecule has 3 rings (SSSR count). The highest BCUT2D eigenvalue weighted by molar-refractivity contribution is 6.00. The molecule has 2 aromatic heterocycles. The highest BCUT2D eigenvalue weighted by atomic mass is 16.4. The topological polar surface area (TPSA) is 68.0 Å². The van der Waals surface area contributed by atoms with Gasteiger partial charge in [-0.1, -0.05) is 12.1 Å². The first-order valence-corrected chi connectivity index (χ1v) is 5.72. The molecule has 1 aromatic carbocycles. The van der Waals surface area contributed by atoms with Crippen LogP contribution in [0.3, 0.4) is 0 Å². The lowest BCUT2D eigenvalue weighted by atomic mass is 10.2. The number of fused-ring (bicyclic) bond motifs is 3. The second-order valence-electron chi connectivity index (χ2n) is 3.87. The van der Waals surface area contributed by atoms with Crippen LogP contribution in [0.25, 0.3) is 22.0 Å². The van der Waals surface area contributed by atoms with Crippen molar-refractivity contribution in [2.75, 3.05) is 11.9 Å². The lowest BCUT2D eigenvalue weighted by molar-refractivity contribution is 0.567. The fraction of sp³-hybridized carbons (Fsp3) is 0.154. The number of rotatable bonds is 2. The Morgan fingerprint density at radius 1 is 1.28 bits per heavy atom. The molecule has 0 aliphatic carbocycles. The fourth-order valence-electron chi connectivity index (χ4n) is 1.89. The quantitative estimate of drug-likeness (QED) is 0.550. The summed E-state index contributed by atoms with van der Waals surface area (Å²) in [6.07, 6.45) is 1.62. The molecule has 2 heterocycles. The molecule has 0 atom stereocenters. The third kappa shape index (κ3) is 1.60. The molecule has 0 saturated carbocycles. The van der Waals surface area contributed by atoms with Crippen molar-refractivity contribution < 1.29 is 4.42 Å². The summed E-state index contributed by atoms with van der Waals surface area (Å²) in [6.45, 7) is 2.67.